The smallest absolute Gasteiger partial charge is 0.269 e. The van der Waals surface area contributed by atoms with Crippen LogP contribution in [0.5, 0.6) is 0 Å². The molecule has 7 heteroatoms. The van der Waals surface area contributed by atoms with Gasteiger partial charge < -0.3 is 4.43 Å². The van der Waals surface area contributed by atoms with Crippen molar-refractivity contribution in [3.05, 3.63) is 69.0 Å². The highest BCUT2D eigenvalue weighted by molar-refractivity contribution is 6.74. The Hall–Kier alpha value is -1.76. The molecule has 3 atom stereocenters. The molecule has 3 rings (SSSR count). The van der Waals surface area contributed by atoms with Gasteiger partial charge in [-0.25, -0.2) is 4.98 Å². The van der Waals surface area contributed by atoms with E-state index in [1.165, 1.54) is 0 Å². The van der Waals surface area contributed by atoms with E-state index in [2.05, 4.69) is 44.9 Å². The van der Waals surface area contributed by atoms with Crippen LogP contribution in [0.3, 0.4) is 0 Å². The highest BCUT2D eigenvalue weighted by atomic mass is 35.5. The summed E-state index contributed by atoms with van der Waals surface area (Å²) >= 11 is 6.04. The molecule has 1 heterocycles. The number of nitro benzene ring substituents is 1. The molecule has 1 aromatic carbocycles. The molecule has 31 heavy (non-hydrogen) atoms. The van der Waals surface area contributed by atoms with Gasteiger partial charge in [-0.15, -0.1) is 0 Å². The van der Waals surface area contributed by atoms with Crippen molar-refractivity contribution in [2.75, 3.05) is 0 Å². The fraction of sp³-hybridized carbons (Fsp3) is 0.542. The van der Waals surface area contributed by atoms with Crippen molar-refractivity contribution in [3.8, 4) is 0 Å². The first-order valence-corrected chi connectivity index (χ1v) is 14.3. The first kappa shape index (κ1) is 23.9. The second-order valence-corrected chi connectivity index (χ2v) is 15.4. The number of hydrogen-bond acceptors (Lipinski definition) is 4. The fourth-order valence-corrected chi connectivity index (χ4v) is 5.58. The summed E-state index contributed by atoms with van der Waals surface area (Å²) in [4.78, 5) is 14.9. The van der Waals surface area contributed by atoms with Crippen LogP contribution < -0.4 is 0 Å². The Balaban J connectivity index is 1.75. The molecule has 0 saturated heterocycles. The molecule has 0 spiro atoms. The van der Waals surface area contributed by atoms with Gasteiger partial charge in [-0.1, -0.05) is 50.6 Å². The van der Waals surface area contributed by atoms with Crippen molar-refractivity contribution in [2.24, 2.45) is 11.8 Å². The molecule has 2 aromatic rings. The Morgan fingerprint density at radius 1 is 1.19 bits per heavy atom. The Labute approximate surface area is 191 Å². The van der Waals surface area contributed by atoms with E-state index in [4.69, 9.17) is 16.0 Å². The van der Waals surface area contributed by atoms with Gasteiger partial charge in [0, 0.05) is 18.3 Å². The van der Waals surface area contributed by atoms with Crippen LogP contribution in [0.4, 0.5) is 5.69 Å². The maximum atomic E-state index is 10.9. The zero-order valence-corrected chi connectivity index (χ0v) is 20.9. The number of benzene rings is 1. The molecular formula is C24H33ClN2O3Si. The Morgan fingerprint density at radius 2 is 1.87 bits per heavy atom. The van der Waals surface area contributed by atoms with Gasteiger partial charge in [0.05, 0.1) is 11.0 Å². The molecule has 1 aromatic heterocycles. The molecule has 168 valence electrons. The summed E-state index contributed by atoms with van der Waals surface area (Å²) in [6, 6.07) is 10.9. The summed E-state index contributed by atoms with van der Waals surface area (Å²) in [6.45, 7) is 11.4. The maximum absolute atomic E-state index is 10.9. The van der Waals surface area contributed by atoms with Crippen molar-refractivity contribution in [2.45, 2.75) is 70.7 Å². The van der Waals surface area contributed by atoms with Crippen molar-refractivity contribution in [3.63, 3.8) is 0 Å². The van der Waals surface area contributed by atoms with E-state index < -0.39 is 8.32 Å². The van der Waals surface area contributed by atoms with Crippen LogP contribution in [0.2, 0.25) is 23.3 Å². The molecule has 0 aliphatic heterocycles. The third-order valence-corrected chi connectivity index (χ3v) is 11.7. The highest BCUT2D eigenvalue weighted by Crippen LogP contribution is 2.47. The van der Waals surface area contributed by atoms with Gasteiger partial charge in [0.2, 0.25) is 0 Å². The number of halogens is 1. The number of rotatable bonds is 7. The lowest BCUT2D eigenvalue weighted by molar-refractivity contribution is -0.384. The fourth-order valence-electron chi connectivity index (χ4n) is 4.15. The maximum Gasteiger partial charge on any atom is 0.269 e. The molecule has 0 unspecified atom stereocenters. The molecule has 1 fully saturated rings. The minimum absolute atomic E-state index is 0.0209. The van der Waals surface area contributed by atoms with E-state index in [9.17, 15) is 10.1 Å². The summed E-state index contributed by atoms with van der Waals surface area (Å²) < 4.78 is 6.93. The third kappa shape index (κ3) is 5.93. The average Bonchev–Trinajstić information content (AvgIpc) is 3.14. The minimum atomic E-state index is -1.97. The predicted molar refractivity (Wildman–Crippen MR) is 128 cm³/mol. The predicted octanol–water partition coefficient (Wildman–Crippen LogP) is 7.37. The normalized spacial score (nSPS) is 20.6. The van der Waals surface area contributed by atoms with Crippen LogP contribution in [-0.2, 0) is 10.8 Å². The SMILES string of the molecule is CC(C)(C)[Si](C)(C)O[C@H](c1ccc(Cl)nc1)[C@H]1CC[C@@H](Cc2ccc([N+](=O)[O-])cc2)C1. The lowest BCUT2D eigenvalue weighted by atomic mass is 9.92. The molecular weight excluding hydrogens is 428 g/mol. The quantitative estimate of drug-likeness (QED) is 0.187. The molecule has 0 bridgehead atoms. The second-order valence-electron chi connectivity index (χ2n) is 10.3. The van der Waals surface area contributed by atoms with Crippen molar-refractivity contribution >= 4 is 25.6 Å². The summed E-state index contributed by atoms with van der Waals surface area (Å²) in [5.41, 5.74) is 2.41. The van der Waals surface area contributed by atoms with E-state index in [-0.39, 0.29) is 21.8 Å². The monoisotopic (exact) mass is 460 g/mol. The van der Waals surface area contributed by atoms with Crippen LogP contribution in [0, 0.1) is 22.0 Å². The van der Waals surface area contributed by atoms with Crippen LogP contribution >= 0.6 is 11.6 Å². The average molecular weight is 461 g/mol. The summed E-state index contributed by atoms with van der Waals surface area (Å²) in [7, 11) is -1.97. The molecule has 1 aliphatic rings. The standard InChI is InChI=1S/C24H33ClN2O3Si/c1-24(2,3)31(4,5)30-23(20-10-13-22(25)26-16-20)19-9-6-18(15-19)14-17-7-11-21(12-8-17)27(28)29/h7-8,10-13,16,18-19,23H,6,9,14-15H2,1-5H3/t18-,19-,23-/m0/s1. The van der Waals surface area contributed by atoms with Crippen LogP contribution in [0.25, 0.3) is 0 Å². The number of non-ortho nitro benzene ring substituents is 1. The largest absolute Gasteiger partial charge is 0.410 e. The molecule has 0 N–H and O–H groups in total. The topological polar surface area (TPSA) is 65.3 Å². The highest BCUT2D eigenvalue weighted by Gasteiger charge is 2.42. The van der Waals surface area contributed by atoms with E-state index in [1.807, 2.05) is 24.4 Å². The van der Waals surface area contributed by atoms with E-state index in [1.54, 1.807) is 12.1 Å². The number of nitro groups is 1. The number of aromatic nitrogens is 1. The van der Waals surface area contributed by atoms with Gasteiger partial charge in [-0.05, 0) is 72.8 Å². The summed E-state index contributed by atoms with van der Waals surface area (Å²) in [5, 5.41) is 11.5. The van der Waals surface area contributed by atoms with Gasteiger partial charge in [0.1, 0.15) is 5.15 Å². The van der Waals surface area contributed by atoms with E-state index in [0.29, 0.717) is 17.0 Å². The molecule has 0 radical (unpaired) electrons. The Morgan fingerprint density at radius 3 is 2.42 bits per heavy atom. The van der Waals surface area contributed by atoms with E-state index >= 15 is 0 Å². The first-order chi connectivity index (χ1) is 14.5. The molecule has 5 nitrogen and oxygen atoms in total. The van der Waals surface area contributed by atoms with Gasteiger partial charge in [-0.2, -0.15) is 0 Å². The minimum Gasteiger partial charge on any atom is -0.410 e. The summed E-state index contributed by atoms with van der Waals surface area (Å²) in [5.74, 6) is 0.984. The number of hydrogen-bond donors (Lipinski definition) is 0. The first-order valence-electron chi connectivity index (χ1n) is 11.0. The summed E-state index contributed by atoms with van der Waals surface area (Å²) in [6.07, 6.45) is 6.16. The second kappa shape index (κ2) is 9.39. The number of nitrogens with zero attached hydrogens (tertiary/aromatic N) is 2. The molecule has 1 aliphatic carbocycles. The van der Waals surface area contributed by atoms with Crippen molar-refractivity contribution < 1.29 is 9.35 Å². The zero-order valence-electron chi connectivity index (χ0n) is 19.1. The van der Waals surface area contributed by atoms with Crippen LogP contribution in [-0.4, -0.2) is 18.2 Å². The Kier molecular flexibility index (Phi) is 7.23. The molecule has 1 saturated carbocycles. The van der Waals surface area contributed by atoms with Gasteiger partial charge in [-0.3, -0.25) is 10.1 Å². The zero-order chi connectivity index (χ0) is 22.8. The van der Waals surface area contributed by atoms with Crippen molar-refractivity contribution in [1.29, 1.82) is 0 Å². The van der Waals surface area contributed by atoms with Gasteiger partial charge >= 0.3 is 0 Å². The Bertz CT molecular complexity index is 895. The lowest BCUT2D eigenvalue weighted by Gasteiger charge is -2.41. The van der Waals surface area contributed by atoms with E-state index in [0.717, 1.165) is 36.8 Å². The lowest BCUT2D eigenvalue weighted by Crippen LogP contribution is -2.43. The third-order valence-electron chi connectivity index (χ3n) is 6.99. The van der Waals surface area contributed by atoms with Crippen LogP contribution in [0.15, 0.2) is 42.6 Å². The number of pyridine rings is 1. The van der Waals surface area contributed by atoms with Gasteiger partial charge in [0.15, 0.2) is 8.32 Å². The van der Waals surface area contributed by atoms with Crippen molar-refractivity contribution in [1.82, 2.24) is 4.98 Å². The molecule has 0 amide bonds. The van der Waals surface area contributed by atoms with Crippen LogP contribution in [0.1, 0.15) is 57.3 Å². The van der Waals surface area contributed by atoms with Gasteiger partial charge in [0.25, 0.3) is 5.69 Å².